The maximum absolute atomic E-state index is 8.44. The Balaban J connectivity index is 3.97. The van der Waals surface area contributed by atoms with Crippen molar-refractivity contribution >= 4 is 5.96 Å². The SMILES string of the molecule is CCNC(=NCCC(C)(C)C)NC#N. The lowest BCUT2D eigenvalue weighted by Crippen LogP contribution is -2.34. The van der Waals surface area contributed by atoms with Crippen molar-refractivity contribution in [3.63, 3.8) is 0 Å². The molecule has 0 saturated carbocycles. The predicted molar refractivity (Wildman–Crippen MR) is 58.8 cm³/mol. The zero-order valence-corrected chi connectivity index (χ0v) is 9.52. The number of hydrogen-bond donors (Lipinski definition) is 2. The van der Waals surface area contributed by atoms with Gasteiger partial charge in [0.25, 0.3) is 0 Å². The molecule has 2 N–H and O–H groups in total. The fourth-order valence-corrected chi connectivity index (χ4v) is 0.863. The van der Waals surface area contributed by atoms with Gasteiger partial charge in [-0.1, -0.05) is 20.8 Å². The van der Waals surface area contributed by atoms with Gasteiger partial charge in [-0.3, -0.25) is 10.3 Å². The summed E-state index contributed by atoms with van der Waals surface area (Å²) in [5, 5.41) is 13.9. The van der Waals surface area contributed by atoms with E-state index in [0.29, 0.717) is 5.96 Å². The van der Waals surface area contributed by atoms with Gasteiger partial charge in [0.15, 0.2) is 6.19 Å². The van der Waals surface area contributed by atoms with Crippen LogP contribution in [-0.2, 0) is 0 Å². The lowest BCUT2D eigenvalue weighted by atomic mass is 9.93. The zero-order chi connectivity index (χ0) is 11.0. The number of aliphatic imine (C=N–C) groups is 1. The van der Waals surface area contributed by atoms with E-state index in [4.69, 9.17) is 5.26 Å². The van der Waals surface area contributed by atoms with Crippen molar-refractivity contribution in [1.82, 2.24) is 10.6 Å². The molecule has 0 atom stereocenters. The van der Waals surface area contributed by atoms with Crippen LogP contribution in [0.4, 0.5) is 0 Å². The quantitative estimate of drug-likeness (QED) is 0.311. The van der Waals surface area contributed by atoms with E-state index in [1.807, 2.05) is 13.1 Å². The van der Waals surface area contributed by atoms with E-state index in [9.17, 15) is 0 Å². The molecule has 80 valence electrons. The van der Waals surface area contributed by atoms with Gasteiger partial charge < -0.3 is 5.32 Å². The zero-order valence-electron chi connectivity index (χ0n) is 9.52. The van der Waals surface area contributed by atoms with Crippen LogP contribution in [0.25, 0.3) is 0 Å². The normalized spacial score (nSPS) is 12.1. The van der Waals surface area contributed by atoms with Crippen LogP contribution < -0.4 is 10.6 Å². The van der Waals surface area contributed by atoms with Crippen LogP contribution in [0.3, 0.4) is 0 Å². The summed E-state index contributed by atoms with van der Waals surface area (Å²) in [5.74, 6) is 0.569. The third-order valence-corrected chi connectivity index (χ3v) is 1.65. The topological polar surface area (TPSA) is 60.2 Å². The van der Waals surface area contributed by atoms with Gasteiger partial charge in [-0.05, 0) is 18.8 Å². The molecule has 0 aromatic heterocycles. The van der Waals surface area contributed by atoms with Gasteiger partial charge in [-0.25, -0.2) is 0 Å². The summed E-state index contributed by atoms with van der Waals surface area (Å²) < 4.78 is 0. The minimum atomic E-state index is 0.285. The first kappa shape index (κ1) is 12.8. The third-order valence-electron chi connectivity index (χ3n) is 1.65. The van der Waals surface area contributed by atoms with Crippen LogP contribution in [0.5, 0.6) is 0 Å². The van der Waals surface area contributed by atoms with Crippen LogP contribution in [-0.4, -0.2) is 19.0 Å². The predicted octanol–water partition coefficient (Wildman–Crippen LogP) is 1.46. The summed E-state index contributed by atoms with van der Waals surface area (Å²) in [7, 11) is 0. The molecule has 14 heavy (non-hydrogen) atoms. The molecule has 0 aliphatic rings. The first-order chi connectivity index (χ1) is 6.49. The highest BCUT2D eigenvalue weighted by Crippen LogP contribution is 2.17. The Morgan fingerprint density at radius 2 is 2.07 bits per heavy atom. The monoisotopic (exact) mass is 196 g/mol. The molecule has 0 aromatic rings. The van der Waals surface area contributed by atoms with Crippen LogP contribution in [0, 0.1) is 16.9 Å². The maximum Gasteiger partial charge on any atom is 0.204 e. The second-order valence-electron chi connectivity index (χ2n) is 4.31. The van der Waals surface area contributed by atoms with Gasteiger partial charge in [0, 0.05) is 13.1 Å². The van der Waals surface area contributed by atoms with E-state index < -0.39 is 0 Å². The summed E-state index contributed by atoms with van der Waals surface area (Å²) in [4.78, 5) is 4.26. The van der Waals surface area contributed by atoms with Crippen LogP contribution in [0.15, 0.2) is 4.99 Å². The minimum Gasteiger partial charge on any atom is -0.356 e. The molecule has 0 saturated heterocycles. The molecule has 0 aliphatic carbocycles. The summed E-state index contributed by atoms with van der Waals surface area (Å²) in [6.07, 6.45) is 2.87. The fourth-order valence-electron chi connectivity index (χ4n) is 0.863. The fraction of sp³-hybridized carbons (Fsp3) is 0.800. The molecule has 0 radical (unpaired) electrons. The van der Waals surface area contributed by atoms with E-state index in [1.165, 1.54) is 0 Å². The van der Waals surface area contributed by atoms with Gasteiger partial charge in [-0.2, -0.15) is 5.26 Å². The molecular weight excluding hydrogens is 176 g/mol. The Bertz CT molecular complexity index is 219. The van der Waals surface area contributed by atoms with Crippen molar-refractivity contribution in [2.75, 3.05) is 13.1 Å². The Morgan fingerprint density at radius 3 is 2.50 bits per heavy atom. The van der Waals surface area contributed by atoms with Gasteiger partial charge in [0.05, 0.1) is 0 Å². The number of nitrogens with one attached hydrogen (secondary N) is 2. The van der Waals surface area contributed by atoms with Crippen LogP contribution in [0.2, 0.25) is 0 Å². The lowest BCUT2D eigenvalue weighted by molar-refractivity contribution is 0.385. The lowest BCUT2D eigenvalue weighted by Gasteiger charge is -2.16. The van der Waals surface area contributed by atoms with E-state index in [2.05, 4.69) is 36.4 Å². The largest absolute Gasteiger partial charge is 0.356 e. The number of rotatable bonds is 3. The van der Waals surface area contributed by atoms with Crippen molar-refractivity contribution in [3.05, 3.63) is 0 Å². The molecule has 0 bridgehead atoms. The van der Waals surface area contributed by atoms with Gasteiger partial charge in [-0.15, -0.1) is 0 Å². The molecule has 0 spiro atoms. The van der Waals surface area contributed by atoms with E-state index in [1.54, 1.807) is 0 Å². The maximum atomic E-state index is 8.44. The van der Waals surface area contributed by atoms with Crippen molar-refractivity contribution in [2.24, 2.45) is 10.4 Å². The molecule has 0 heterocycles. The smallest absolute Gasteiger partial charge is 0.204 e. The second kappa shape index (κ2) is 6.25. The van der Waals surface area contributed by atoms with E-state index in [-0.39, 0.29) is 5.41 Å². The highest BCUT2D eigenvalue weighted by Gasteiger charge is 2.08. The van der Waals surface area contributed by atoms with Crippen LogP contribution >= 0.6 is 0 Å². The molecule has 0 aromatic carbocycles. The standard InChI is InChI=1S/C10H20N4/c1-5-12-9(14-8-11)13-7-6-10(2,3)4/h5-7H2,1-4H3,(H2,12,13,14). The number of guanidine groups is 1. The van der Waals surface area contributed by atoms with Gasteiger partial charge in [0.2, 0.25) is 5.96 Å². The van der Waals surface area contributed by atoms with Crippen molar-refractivity contribution in [2.45, 2.75) is 34.1 Å². The molecular formula is C10H20N4. The Hall–Kier alpha value is -1.24. The number of hydrogen-bond acceptors (Lipinski definition) is 2. The third kappa shape index (κ3) is 7.41. The van der Waals surface area contributed by atoms with E-state index in [0.717, 1.165) is 19.5 Å². The van der Waals surface area contributed by atoms with E-state index >= 15 is 0 Å². The first-order valence-electron chi connectivity index (χ1n) is 4.93. The molecule has 0 unspecified atom stereocenters. The Kier molecular flexibility index (Phi) is 5.70. The average Bonchev–Trinajstić information content (AvgIpc) is 2.02. The molecule has 0 amide bonds. The Labute approximate surface area is 86.4 Å². The summed E-state index contributed by atoms with van der Waals surface area (Å²) >= 11 is 0. The first-order valence-corrected chi connectivity index (χ1v) is 4.93. The molecule has 0 rings (SSSR count). The minimum absolute atomic E-state index is 0.285. The number of nitrogens with zero attached hydrogens (tertiary/aromatic N) is 2. The van der Waals surface area contributed by atoms with Crippen molar-refractivity contribution in [3.8, 4) is 6.19 Å². The van der Waals surface area contributed by atoms with Crippen molar-refractivity contribution in [1.29, 1.82) is 5.26 Å². The second-order valence-corrected chi connectivity index (χ2v) is 4.31. The van der Waals surface area contributed by atoms with Gasteiger partial charge in [0.1, 0.15) is 0 Å². The average molecular weight is 196 g/mol. The summed E-state index contributed by atoms with van der Waals surface area (Å²) in [5.41, 5.74) is 0.285. The molecule has 0 fully saturated rings. The van der Waals surface area contributed by atoms with Crippen molar-refractivity contribution < 1.29 is 0 Å². The summed E-state index contributed by atoms with van der Waals surface area (Å²) in [6.45, 7) is 10.00. The Morgan fingerprint density at radius 1 is 1.43 bits per heavy atom. The number of nitriles is 1. The molecule has 4 heteroatoms. The van der Waals surface area contributed by atoms with Crippen LogP contribution in [0.1, 0.15) is 34.1 Å². The molecule has 4 nitrogen and oxygen atoms in total. The highest BCUT2D eigenvalue weighted by atomic mass is 15.2. The molecule has 0 aliphatic heterocycles. The highest BCUT2D eigenvalue weighted by molar-refractivity contribution is 5.81. The summed E-state index contributed by atoms with van der Waals surface area (Å²) in [6, 6.07) is 0. The van der Waals surface area contributed by atoms with Gasteiger partial charge >= 0.3 is 0 Å².